The third-order valence-electron chi connectivity index (χ3n) is 3.55. The first-order valence-corrected chi connectivity index (χ1v) is 7.34. The van der Waals surface area contributed by atoms with Crippen LogP contribution in [-0.2, 0) is 12.0 Å². The van der Waals surface area contributed by atoms with Gasteiger partial charge in [-0.05, 0) is 41.3 Å². The molecule has 0 saturated carbocycles. The van der Waals surface area contributed by atoms with Crippen LogP contribution in [0.3, 0.4) is 0 Å². The van der Waals surface area contributed by atoms with E-state index >= 15 is 0 Å². The number of hydrogen-bond acceptors (Lipinski definition) is 2. The standard InChI is InChI=1S/C17H17NS/c1-17(18,14-7-3-2-4-8-14)11-13-12-19-16-10-6-5-9-15(13)16/h2-10,12H,11,18H2,1H3. The Morgan fingerprint density at radius 2 is 1.68 bits per heavy atom. The molecule has 2 N–H and O–H groups in total. The Morgan fingerprint density at radius 3 is 2.47 bits per heavy atom. The molecular weight excluding hydrogens is 250 g/mol. The lowest BCUT2D eigenvalue weighted by Gasteiger charge is -2.25. The van der Waals surface area contributed by atoms with Gasteiger partial charge in [-0.3, -0.25) is 0 Å². The number of thiophene rings is 1. The van der Waals surface area contributed by atoms with Crippen LogP contribution in [0.1, 0.15) is 18.1 Å². The van der Waals surface area contributed by atoms with E-state index in [1.165, 1.54) is 21.2 Å². The Balaban J connectivity index is 1.96. The fourth-order valence-electron chi connectivity index (χ4n) is 2.49. The van der Waals surface area contributed by atoms with Crippen LogP contribution in [0.2, 0.25) is 0 Å². The highest BCUT2D eigenvalue weighted by Crippen LogP contribution is 2.31. The van der Waals surface area contributed by atoms with Gasteiger partial charge in [0.15, 0.2) is 0 Å². The molecule has 0 amide bonds. The Kier molecular flexibility index (Phi) is 3.13. The minimum Gasteiger partial charge on any atom is -0.321 e. The summed E-state index contributed by atoms with van der Waals surface area (Å²) in [5.41, 5.74) is 8.72. The summed E-state index contributed by atoms with van der Waals surface area (Å²) < 4.78 is 1.33. The summed E-state index contributed by atoms with van der Waals surface area (Å²) in [6.07, 6.45) is 0.862. The van der Waals surface area contributed by atoms with E-state index in [9.17, 15) is 0 Å². The first-order valence-electron chi connectivity index (χ1n) is 6.46. The van der Waals surface area contributed by atoms with Gasteiger partial charge in [-0.25, -0.2) is 0 Å². The highest BCUT2D eigenvalue weighted by molar-refractivity contribution is 7.17. The zero-order valence-corrected chi connectivity index (χ0v) is 11.8. The van der Waals surface area contributed by atoms with Crippen molar-refractivity contribution in [2.45, 2.75) is 18.9 Å². The van der Waals surface area contributed by atoms with Crippen LogP contribution < -0.4 is 5.73 Å². The molecule has 2 aromatic carbocycles. The highest BCUT2D eigenvalue weighted by Gasteiger charge is 2.22. The molecule has 1 unspecified atom stereocenters. The van der Waals surface area contributed by atoms with E-state index in [0.29, 0.717) is 0 Å². The zero-order chi connectivity index (χ0) is 13.3. The van der Waals surface area contributed by atoms with Gasteiger partial charge in [0, 0.05) is 10.2 Å². The van der Waals surface area contributed by atoms with Crippen molar-refractivity contribution in [2.24, 2.45) is 5.73 Å². The minimum absolute atomic E-state index is 0.328. The van der Waals surface area contributed by atoms with Crippen LogP contribution >= 0.6 is 11.3 Å². The van der Waals surface area contributed by atoms with Crippen molar-refractivity contribution in [3.05, 3.63) is 71.1 Å². The average Bonchev–Trinajstić information content (AvgIpc) is 2.83. The molecule has 0 radical (unpaired) electrons. The second kappa shape index (κ2) is 4.80. The molecule has 0 fully saturated rings. The van der Waals surface area contributed by atoms with Gasteiger partial charge in [0.1, 0.15) is 0 Å². The normalized spacial score (nSPS) is 14.4. The predicted octanol–water partition coefficient (Wildman–Crippen LogP) is 4.32. The van der Waals surface area contributed by atoms with Crippen LogP contribution in [0.5, 0.6) is 0 Å². The van der Waals surface area contributed by atoms with E-state index < -0.39 is 0 Å². The fourth-order valence-corrected chi connectivity index (χ4v) is 3.45. The highest BCUT2D eigenvalue weighted by atomic mass is 32.1. The van der Waals surface area contributed by atoms with Crippen molar-refractivity contribution >= 4 is 21.4 Å². The molecule has 1 atom stereocenters. The number of nitrogens with two attached hydrogens (primary N) is 1. The maximum atomic E-state index is 6.52. The van der Waals surface area contributed by atoms with Crippen molar-refractivity contribution in [2.75, 3.05) is 0 Å². The molecular formula is C17H17NS. The molecule has 3 rings (SSSR count). The van der Waals surface area contributed by atoms with Crippen molar-refractivity contribution in [3.63, 3.8) is 0 Å². The van der Waals surface area contributed by atoms with Crippen LogP contribution in [0, 0.1) is 0 Å². The van der Waals surface area contributed by atoms with Gasteiger partial charge >= 0.3 is 0 Å². The second-order valence-electron chi connectivity index (χ2n) is 5.22. The second-order valence-corrected chi connectivity index (χ2v) is 6.13. The van der Waals surface area contributed by atoms with E-state index in [2.05, 4.69) is 48.7 Å². The lowest BCUT2D eigenvalue weighted by atomic mass is 9.86. The molecule has 1 nitrogen and oxygen atoms in total. The molecule has 0 bridgehead atoms. The van der Waals surface area contributed by atoms with Gasteiger partial charge < -0.3 is 5.73 Å². The maximum Gasteiger partial charge on any atom is 0.0422 e. The average molecular weight is 267 g/mol. The van der Waals surface area contributed by atoms with Crippen molar-refractivity contribution in [1.29, 1.82) is 0 Å². The SMILES string of the molecule is CC(N)(Cc1csc2ccccc12)c1ccccc1. The van der Waals surface area contributed by atoms with E-state index in [0.717, 1.165) is 6.42 Å². The lowest BCUT2D eigenvalue weighted by molar-refractivity contribution is 0.493. The van der Waals surface area contributed by atoms with Gasteiger partial charge in [0.05, 0.1) is 0 Å². The monoisotopic (exact) mass is 267 g/mol. The van der Waals surface area contributed by atoms with Gasteiger partial charge in [-0.15, -0.1) is 11.3 Å². The van der Waals surface area contributed by atoms with Gasteiger partial charge in [-0.2, -0.15) is 0 Å². The quantitative estimate of drug-likeness (QED) is 0.751. The molecule has 1 aromatic heterocycles. The number of benzene rings is 2. The Bertz CT molecular complexity index is 683. The van der Waals surface area contributed by atoms with Crippen LogP contribution in [-0.4, -0.2) is 0 Å². The summed E-state index contributed by atoms with van der Waals surface area (Å²) in [4.78, 5) is 0. The molecule has 19 heavy (non-hydrogen) atoms. The molecule has 0 spiro atoms. The smallest absolute Gasteiger partial charge is 0.0422 e. The lowest BCUT2D eigenvalue weighted by Crippen LogP contribution is -2.35. The van der Waals surface area contributed by atoms with Crippen LogP contribution in [0.15, 0.2) is 60.0 Å². The summed E-state index contributed by atoms with van der Waals surface area (Å²) in [6.45, 7) is 2.11. The third kappa shape index (κ3) is 2.42. The minimum atomic E-state index is -0.328. The van der Waals surface area contributed by atoms with Crippen LogP contribution in [0.4, 0.5) is 0 Å². The number of hydrogen-bond donors (Lipinski definition) is 1. The summed E-state index contributed by atoms with van der Waals surface area (Å²) in [7, 11) is 0. The summed E-state index contributed by atoms with van der Waals surface area (Å²) in [5, 5.41) is 3.57. The molecule has 0 aliphatic rings. The zero-order valence-electron chi connectivity index (χ0n) is 11.0. The topological polar surface area (TPSA) is 26.0 Å². The molecule has 96 valence electrons. The van der Waals surface area contributed by atoms with Crippen molar-refractivity contribution in [1.82, 2.24) is 0 Å². The van der Waals surface area contributed by atoms with E-state index in [1.54, 1.807) is 11.3 Å². The summed E-state index contributed by atoms with van der Waals surface area (Å²) in [6, 6.07) is 18.9. The molecule has 1 heterocycles. The van der Waals surface area contributed by atoms with Crippen molar-refractivity contribution in [3.8, 4) is 0 Å². The maximum absolute atomic E-state index is 6.52. The Hall–Kier alpha value is -1.64. The molecule has 0 aliphatic heterocycles. The van der Waals surface area contributed by atoms with Crippen LogP contribution in [0.25, 0.3) is 10.1 Å². The molecule has 3 aromatic rings. The first-order chi connectivity index (χ1) is 9.17. The number of rotatable bonds is 3. The Labute approximate surface area is 117 Å². The molecule has 0 aliphatic carbocycles. The number of fused-ring (bicyclic) bond motifs is 1. The third-order valence-corrected chi connectivity index (χ3v) is 4.56. The Morgan fingerprint density at radius 1 is 1.00 bits per heavy atom. The van der Waals surface area contributed by atoms with Gasteiger partial charge in [0.25, 0.3) is 0 Å². The largest absolute Gasteiger partial charge is 0.321 e. The van der Waals surface area contributed by atoms with E-state index in [4.69, 9.17) is 5.73 Å². The predicted molar refractivity (Wildman–Crippen MR) is 83.5 cm³/mol. The van der Waals surface area contributed by atoms with Crippen molar-refractivity contribution < 1.29 is 0 Å². The summed E-state index contributed by atoms with van der Waals surface area (Å²) in [5.74, 6) is 0. The fraction of sp³-hybridized carbons (Fsp3) is 0.176. The van der Waals surface area contributed by atoms with Gasteiger partial charge in [-0.1, -0.05) is 48.5 Å². The van der Waals surface area contributed by atoms with E-state index in [-0.39, 0.29) is 5.54 Å². The molecule has 2 heteroatoms. The summed E-state index contributed by atoms with van der Waals surface area (Å²) >= 11 is 1.79. The first kappa shape index (κ1) is 12.4. The van der Waals surface area contributed by atoms with E-state index in [1.807, 2.05) is 18.2 Å². The van der Waals surface area contributed by atoms with Gasteiger partial charge in [0.2, 0.25) is 0 Å². The molecule has 0 saturated heterocycles.